The molecule has 0 radical (unpaired) electrons. The molecule has 0 aliphatic rings. The van der Waals surface area contributed by atoms with E-state index in [1.54, 1.807) is 37.3 Å². The van der Waals surface area contributed by atoms with Gasteiger partial charge in [-0.05, 0) is 31.2 Å². The van der Waals surface area contributed by atoms with E-state index >= 15 is 0 Å². The van der Waals surface area contributed by atoms with Crippen molar-refractivity contribution in [3.63, 3.8) is 0 Å². The molecule has 0 saturated heterocycles. The Morgan fingerprint density at radius 1 is 1.10 bits per heavy atom. The standard InChI is InChI=1S/C15H12FN3O/c1-10-12(16)6-4-8-13(10)18-15(20)19-14-7-3-2-5-11(14)9-17/h2-8H,1H3,(H2,18,19,20). The summed E-state index contributed by atoms with van der Waals surface area (Å²) < 4.78 is 13.4. The highest BCUT2D eigenvalue weighted by Crippen LogP contribution is 2.18. The van der Waals surface area contributed by atoms with Crippen LogP contribution >= 0.6 is 0 Å². The number of anilines is 2. The molecule has 0 aliphatic carbocycles. The van der Waals surface area contributed by atoms with Crippen LogP contribution in [0.2, 0.25) is 0 Å². The first-order valence-corrected chi connectivity index (χ1v) is 5.94. The molecular weight excluding hydrogens is 257 g/mol. The minimum atomic E-state index is -0.526. The fraction of sp³-hybridized carbons (Fsp3) is 0.0667. The van der Waals surface area contributed by atoms with Crippen molar-refractivity contribution in [3.8, 4) is 6.07 Å². The Balaban J connectivity index is 2.14. The first kappa shape index (κ1) is 13.6. The summed E-state index contributed by atoms with van der Waals surface area (Å²) in [4.78, 5) is 11.9. The lowest BCUT2D eigenvalue weighted by molar-refractivity contribution is 0.262. The molecular formula is C15H12FN3O. The highest BCUT2D eigenvalue weighted by molar-refractivity contribution is 6.00. The zero-order chi connectivity index (χ0) is 14.5. The summed E-state index contributed by atoms with van der Waals surface area (Å²) in [5.74, 6) is -0.389. The Morgan fingerprint density at radius 3 is 2.50 bits per heavy atom. The molecule has 2 aromatic rings. The van der Waals surface area contributed by atoms with E-state index in [0.717, 1.165) is 0 Å². The Hall–Kier alpha value is -2.87. The van der Waals surface area contributed by atoms with E-state index in [1.807, 2.05) is 6.07 Å². The van der Waals surface area contributed by atoms with Crippen molar-refractivity contribution in [1.29, 1.82) is 5.26 Å². The molecule has 5 heteroatoms. The summed E-state index contributed by atoms with van der Waals surface area (Å²) in [6, 6.07) is 12.5. The number of benzene rings is 2. The van der Waals surface area contributed by atoms with Gasteiger partial charge in [0.05, 0.1) is 11.3 Å². The van der Waals surface area contributed by atoms with E-state index in [1.165, 1.54) is 12.1 Å². The van der Waals surface area contributed by atoms with Gasteiger partial charge in [-0.25, -0.2) is 9.18 Å². The third-order valence-corrected chi connectivity index (χ3v) is 2.81. The number of amides is 2. The average Bonchev–Trinajstić information content (AvgIpc) is 2.44. The number of halogens is 1. The van der Waals surface area contributed by atoms with Crippen LogP contribution in [-0.4, -0.2) is 6.03 Å². The predicted molar refractivity (Wildman–Crippen MR) is 74.9 cm³/mol. The summed E-state index contributed by atoms with van der Waals surface area (Å²) in [6.07, 6.45) is 0. The Labute approximate surface area is 115 Å². The van der Waals surface area contributed by atoms with Crippen LogP contribution in [0, 0.1) is 24.1 Å². The molecule has 0 fully saturated rings. The fourth-order valence-corrected chi connectivity index (χ4v) is 1.71. The normalized spacial score (nSPS) is 9.65. The lowest BCUT2D eigenvalue weighted by Gasteiger charge is -2.11. The highest BCUT2D eigenvalue weighted by Gasteiger charge is 2.09. The average molecular weight is 269 g/mol. The van der Waals surface area contributed by atoms with E-state index in [-0.39, 0.29) is 5.82 Å². The topological polar surface area (TPSA) is 64.9 Å². The summed E-state index contributed by atoms with van der Waals surface area (Å²) in [5.41, 5.74) is 1.51. The molecule has 0 aliphatic heterocycles. The van der Waals surface area contributed by atoms with E-state index in [9.17, 15) is 9.18 Å². The number of para-hydroxylation sites is 1. The zero-order valence-electron chi connectivity index (χ0n) is 10.8. The van der Waals surface area contributed by atoms with Gasteiger partial charge in [0.15, 0.2) is 0 Å². The Kier molecular flexibility index (Phi) is 3.96. The van der Waals surface area contributed by atoms with Crippen molar-refractivity contribution < 1.29 is 9.18 Å². The largest absolute Gasteiger partial charge is 0.323 e. The Bertz CT molecular complexity index is 692. The molecule has 4 nitrogen and oxygen atoms in total. The van der Waals surface area contributed by atoms with Gasteiger partial charge < -0.3 is 10.6 Å². The Morgan fingerprint density at radius 2 is 1.75 bits per heavy atom. The van der Waals surface area contributed by atoms with Crippen molar-refractivity contribution in [2.45, 2.75) is 6.92 Å². The van der Waals surface area contributed by atoms with Crippen molar-refractivity contribution >= 4 is 17.4 Å². The van der Waals surface area contributed by atoms with Gasteiger partial charge in [0.1, 0.15) is 11.9 Å². The van der Waals surface area contributed by atoms with Crippen molar-refractivity contribution in [2.75, 3.05) is 10.6 Å². The predicted octanol–water partition coefficient (Wildman–Crippen LogP) is 3.65. The monoisotopic (exact) mass is 269 g/mol. The number of urea groups is 1. The van der Waals surface area contributed by atoms with E-state index in [0.29, 0.717) is 22.5 Å². The lowest BCUT2D eigenvalue weighted by atomic mass is 10.2. The molecule has 0 spiro atoms. The molecule has 0 atom stereocenters. The summed E-state index contributed by atoms with van der Waals surface area (Å²) in [6.45, 7) is 1.58. The summed E-state index contributed by atoms with van der Waals surface area (Å²) in [5, 5.41) is 14.0. The maximum absolute atomic E-state index is 13.4. The van der Waals surface area contributed by atoms with Gasteiger partial charge in [0.2, 0.25) is 0 Å². The molecule has 2 rings (SSSR count). The number of hydrogen-bond acceptors (Lipinski definition) is 2. The SMILES string of the molecule is Cc1c(F)cccc1NC(=O)Nc1ccccc1C#N. The number of nitrogens with one attached hydrogen (secondary N) is 2. The number of hydrogen-bond donors (Lipinski definition) is 2. The quantitative estimate of drug-likeness (QED) is 0.874. The van der Waals surface area contributed by atoms with Gasteiger partial charge in [-0.2, -0.15) is 5.26 Å². The van der Waals surface area contributed by atoms with Crippen LogP contribution in [0.25, 0.3) is 0 Å². The van der Waals surface area contributed by atoms with Crippen LogP contribution in [0.1, 0.15) is 11.1 Å². The third kappa shape index (κ3) is 2.93. The lowest BCUT2D eigenvalue weighted by Crippen LogP contribution is -2.20. The van der Waals surface area contributed by atoms with Crippen LogP contribution in [0.5, 0.6) is 0 Å². The first-order valence-electron chi connectivity index (χ1n) is 5.94. The van der Waals surface area contributed by atoms with Crippen molar-refractivity contribution in [3.05, 3.63) is 59.4 Å². The van der Waals surface area contributed by atoms with E-state index in [4.69, 9.17) is 5.26 Å². The molecule has 0 aromatic heterocycles. The molecule has 0 heterocycles. The minimum Gasteiger partial charge on any atom is -0.307 e. The number of nitriles is 1. The zero-order valence-corrected chi connectivity index (χ0v) is 10.8. The van der Waals surface area contributed by atoms with Gasteiger partial charge in [0, 0.05) is 11.3 Å². The fourth-order valence-electron chi connectivity index (χ4n) is 1.71. The molecule has 0 saturated carbocycles. The molecule has 0 unspecified atom stereocenters. The first-order chi connectivity index (χ1) is 9.61. The van der Waals surface area contributed by atoms with Crippen LogP contribution in [0.3, 0.4) is 0 Å². The third-order valence-electron chi connectivity index (χ3n) is 2.81. The summed E-state index contributed by atoms with van der Waals surface area (Å²) in [7, 11) is 0. The van der Waals surface area contributed by atoms with Gasteiger partial charge in [-0.1, -0.05) is 18.2 Å². The summed E-state index contributed by atoms with van der Waals surface area (Å²) >= 11 is 0. The van der Waals surface area contributed by atoms with Gasteiger partial charge in [0.25, 0.3) is 0 Å². The minimum absolute atomic E-state index is 0.358. The molecule has 20 heavy (non-hydrogen) atoms. The second-order valence-corrected chi connectivity index (χ2v) is 4.15. The molecule has 2 N–H and O–H groups in total. The van der Waals surface area contributed by atoms with Crippen LogP contribution < -0.4 is 10.6 Å². The highest BCUT2D eigenvalue weighted by atomic mass is 19.1. The molecule has 100 valence electrons. The number of rotatable bonds is 2. The van der Waals surface area contributed by atoms with Crippen LogP contribution in [0.4, 0.5) is 20.6 Å². The van der Waals surface area contributed by atoms with Gasteiger partial charge in [-0.15, -0.1) is 0 Å². The van der Waals surface area contributed by atoms with E-state index < -0.39 is 6.03 Å². The number of nitrogens with zero attached hydrogens (tertiary/aromatic N) is 1. The number of carbonyl (C=O) groups excluding carboxylic acids is 1. The van der Waals surface area contributed by atoms with E-state index in [2.05, 4.69) is 10.6 Å². The maximum Gasteiger partial charge on any atom is 0.323 e. The molecule has 0 bridgehead atoms. The van der Waals surface area contributed by atoms with Gasteiger partial charge in [-0.3, -0.25) is 0 Å². The second kappa shape index (κ2) is 5.85. The van der Waals surface area contributed by atoms with Crippen LogP contribution in [0.15, 0.2) is 42.5 Å². The number of carbonyl (C=O) groups is 1. The smallest absolute Gasteiger partial charge is 0.307 e. The second-order valence-electron chi connectivity index (χ2n) is 4.15. The van der Waals surface area contributed by atoms with Crippen LogP contribution in [-0.2, 0) is 0 Å². The maximum atomic E-state index is 13.4. The van der Waals surface area contributed by atoms with Crippen molar-refractivity contribution in [1.82, 2.24) is 0 Å². The molecule has 2 aromatic carbocycles. The van der Waals surface area contributed by atoms with Crippen molar-refractivity contribution in [2.24, 2.45) is 0 Å². The van der Waals surface area contributed by atoms with Gasteiger partial charge >= 0.3 is 6.03 Å². The molecule has 2 amide bonds.